The van der Waals surface area contributed by atoms with Gasteiger partial charge in [0.1, 0.15) is 0 Å². The standard InChI is InChI=1S/C15H27NO3/c1-14(19-2)7-6-10-16(11-14)12-15(13(17)18)8-4-3-5-9-15/h3-12H2,1-2H3,(H,17,18). The first-order chi connectivity index (χ1) is 9.00. The monoisotopic (exact) mass is 269 g/mol. The van der Waals surface area contributed by atoms with E-state index in [0.29, 0.717) is 6.54 Å². The summed E-state index contributed by atoms with van der Waals surface area (Å²) in [6.45, 7) is 4.70. The van der Waals surface area contributed by atoms with Crippen molar-refractivity contribution in [1.29, 1.82) is 0 Å². The van der Waals surface area contributed by atoms with Crippen LogP contribution in [0.1, 0.15) is 51.9 Å². The molecule has 0 radical (unpaired) electrons. The Morgan fingerprint density at radius 1 is 1.21 bits per heavy atom. The van der Waals surface area contributed by atoms with Gasteiger partial charge in [-0.2, -0.15) is 0 Å². The zero-order chi connectivity index (χ0) is 13.9. The summed E-state index contributed by atoms with van der Waals surface area (Å²) < 4.78 is 5.60. The minimum absolute atomic E-state index is 0.105. The molecule has 0 aromatic carbocycles. The van der Waals surface area contributed by atoms with E-state index >= 15 is 0 Å². The predicted octanol–water partition coefficient (Wildman–Crippen LogP) is 2.52. The number of hydrogen-bond donors (Lipinski definition) is 1. The van der Waals surface area contributed by atoms with Gasteiger partial charge >= 0.3 is 5.97 Å². The molecule has 1 atom stereocenters. The summed E-state index contributed by atoms with van der Waals surface area (Å²) in [7, 11) is 1.76. The SMILES string of the molecule is COC1(C)CCCN(CC2(C(=O)O)CCCCC2)C1. The van der Waals surface area contributed by atoms with E-state index in [9.17, 15) is 9.90 Å². The zero-order valence-electron chi connectivity index (χ0n) is 12.3. The number of piperidine rings is 1. The van der Waals surface area contributed by atoms with Gasteiger partial charge in [0.05, 0.1) is 11.0 Å². The first kappa shape index (κ1) is 14.8. The van der Waals surface area contributed by atoms with Crippen molar-refractivity contribution in [3.8, 4) is 0 Å². The number of methoxy groups -OCH3 is 1. The highest BCUT2D eigenvalue weighted by Gasteiger charge is 2.43. The van der Waals surface area contributed by atoms with Crippen LogP contribution >= 0.6 is 0 Å². The van der Waals surface area contributed by atoms with E-state index in [0.717, 1.165) is 51.6 Å². The number of carboxylic acids is 1. The molecule has 0 bridgehead atoms. The second-order valence-corrected chi connectivity index (χ2v) is 6.61. The van der Waals surface area contributed by atoms with Gasteiger partial charge in [0.2, 0.25) is 0 Å². The van der Waals surface area contributed by atoms with Gasteiger partial charge in [-0.05, 0) is 39.2 Å². The quantitative estimate of drug-likeness (QED) is 0.852. The topological polar surface area (TPSA) is 49.8 Å². The maximum Gasteiger partial charge on any atom is 0.310 e. The molecule has 1 N–H and O–H groups in total. The fourth-order valence-electron chi connectivity index (χ4n) is 3.71. The van der Waals surface area contributed by atoms with Crippen LogP contribution < -0.4 is 0 Å². The lowest BCUT2D eigenvalue weighted by Gasteiger charge is -2.44. The molecule has 4 heteroatoms. The van der Waals surface area contributed by atoms with Gasteiger partial charge in [-0.15, -0.1) is 0 Å². The van der Waals surface area contributed by atoms with Crippen molar-refractivity contribution in [3.63, 3.8) is 0 Å². The van der Waals surface area contributed by atoms with Gasteiger partial charge in [-0.3, -0.25) is 9.69 Å². The summed E-state index contributed by atoms with van der Waals surface area (Å²) in [5.41, 5.74) is -0.614. The summed E-state index contributed by atoms with van der Waals surface area (Å²) in [5, 5.41) is 9.65. The molecule has 1 heterocycles. The van der Waals surface area contributed by atoms with Crippen molar-refractivity contribution in [2.75, 3.05) is 26.7 Å². The average molecular weight is 269 g/mol. The second kappa shape index (κ2) is 5.80. The maximum absolute atomic E-state index is 11.7. The molecular weight excluding hydrogens is 242 g/mol. The van der Waals surface area contributed by atoms with Crippen molar-refractivity contribution >= 4 is 5.97 Å². The molecule has 4 nitrogen and oxygen atoms in total. The summed E-state index contributed by atoms with van der Waals surface area (Å²) in [6.07, 6.45) is 7.14. The number of nitrogens with zero attached hydrogens (tertiary/aromatic N) is 1. The number of hydrogen-bond acceptors (Lipinski definition) is 3. The molecule has 0 aromatic rings. The molecule has 19 heavy (non-hydrogen) atoms. The Morgan fingerprint density at radius 3 is 2.47 bits per heavy atom. The molecule has 0 spiro atoms. The summed E-state index contributed by atoms with van der Waals surface area (Å²) in [6, 6.07) is 0. The Hall–Kier alpha value is -0.610. The summed E-state index contributed by atoms with van der Waals surface area (Å²) in [5.74, 6) is -0.600. The molecule has 2 fully saturated rings. The number of ether oxygens (including phenoxy) is 1. The molecule has 2 aliphatic rings. The van der Waals surface area contributed by atoms with Crippen LogP contribution in [0.15, 0.2) is 0 Å². The first-order valence-corrected chi connectivity index (χ1v) is 7.51. The van der Waals surface area contributed by atoms with Gasteiger partial charge in [0.25, 0.3) is 0 Å². The third-order valence-corrected chi connectivity index (χ3v) is 5.02. The maximum atomic E-state index is 11.7. The second-order valence-electron chi connectivity index (χ2n) is 6.61. The Kier molecular flexibility index (Phi) is 4.51. The lowest BCUT2D eigenvalue weighted by molar-refractivity contribution is -0.154. The lowest BCUT2D eigenvalue weighted by Crippen LogP contribution is -2.52. The van der Waals surface area contributed by atoms with Crippen molar-refractivity contribution in [2.24, 2.45) is 5.41 Å². The van der Waals surface area contributed by atoms with E-state index in [1.165, 1.54) is 6.42 Å². The Morgan fingerprint density at radius 2 is 1.89 bits per heavy atom. The lowest BCUT2D eigenvalue weighted by atomic mass is 9.73. The van der Waals surface area contributed by atoms with E-state index in [1.807, 2.05) is 0 Å². The molecule has 1 unspecified atom stereocenters. The normalized spacial score (nSPS) is 32.1. The van der Waals surface area contributed by atoms with E-state index in [4.69, 9.17) is 4.74 Å². The highest BCUT2D eigenvalue weighted by Crippen LogP contribution is 2.38. The molecule has 0 aromatic heterocycles. The van der Waals surface area contributed by atoms with Crippen LogP contribution in [-0.2, 0) is 9.53 Å². The van der Waals surface area contributed by atoms with Gasteiger partial charge in [-0.1, -0.05) is 19.3 Å². The Bertz CT molecular complexity index is 325. The molecule has 0 amide bonds. The fourth-order valence-corrected chi connectivity index (χ4v) is 3.71. The van der Waals surface area contributed by atoms with E-state index in [2.05, 4.69) is 11.8 Å². The van der Waals surface area contributed by atoms with Crippen molar-refractivity contribution in [1.82, 2.24) is 4.90 Å². The van der Waals surface area contributed by atoms with Crippen LogP contribution in [-0.4, -0.2) is 48.3 Å². The fraction of sp³-hybridized carbons (Fsp3) is 0.933. The van der Waals surface area contributed by atoms with E-state index < -0.39 is 11.4 Å². The van der Waals surface area contributed by atoms with Crippen LogP contribution in [0.3, 0.4) is 0 Å². The Labute approximate surface area is 116 Å². The van der Waals surface area contributed by atoms with Gasteiger partial charge < -0.3 is 9.84 Å². The molecule has 1 aliphatic carbocycles. The summed E-state index contributed by atoms with van der Waals surface area (Å²) >= 11 is 0. The highest BCUT2D eigenvalue weighted by molar-refractivity contribution is 5.75. The molecule has 110 valence electrons. The van der Waals surface area contributed by atoms with E-state index in [1.54, 1.807) is 7.11 Å². The zero-order valence-corrected chi connectivity index (χ0v) is 12.3. The number of aliphatic carboxylic acids is 1. The van der Waals surface area contributed by atoms with Gasteiger partial charge in [-0.25, -0.2) is 0 Å². The van der Waals surface area contributed by atoms with Crippen LogP contribution in [0.25, 0.3) is 0 Å². The minimum atomic E-state index is -0.600. The van der Waals surface area contributed by atoms with E-state index in [-0.39, 0.29) is 5.60 Å². The average Bonchev–Trinajstić information content (AvgIpc) is 2.40. The van der Waals surface area contributed by atoms with Gasteiger partial charge in [0, 0.05) is 20.2 Å². The Balaban J connectivity index is 2.03. The van der Waals surface area contributed by atoms with Crippen molar-refractivity contribution in [2.45, 2.75) is 57.5 Å². The third kappa shape index (κ3) is 3.29. The number of rotatable bonds is 4. The van der Waals surface area contributed by atoms with Crippen LogP contribution in [0.2, 0.25) is 0 Å². The number of carbonyl (C=O) groups is 1. The first-order valence-electron chi connectivity index (χ1n) is 7.51. The van der Waals surface area contributed by atoms with Crippen molar-refractivity contribution in [3.05, 3.63) is 0 Å². The number of likely N-dealkylation sites (tertiary alicyclic amines) is 1. The van der Waals surface area contributed by atoms with Crippen LogP contribution in [0, 0.1) is 5.41 Å². The highest BCUT2D eigenvalue weighted by atomic mass is 16.5. The van der Waals surface area contributed by atoms with Crippen LogP contribution in [0.4, 0.5) is 0 Å². The summed E-state index contributed by atoms with van der Waals surface area (Å²) in [4.78, 5) is 14.0. The molecule has 1 saturated heterocycles. The predicted molar refractivity (Wildman–Crippen MR) is 74.2 cm³/mol. The number of carboxylic acid groups (broad SMARTS) is 1. The third-order valence-electron chi connectivity index (χ3n) is 5.02. The molecule has 1 saturated carbocycles. The van der Waals surface area contributed by atoms with Crippen LogP contribution in [0.5, 0.6) is 0 Å². The smallest absolute Gasteiger partial charge is 0.310 e. The minimum Gasteiger partial charge on any atom is -0.481 e. The molecule has 2 rings (SSSR count). The van der Waals surface area contributed by atoms with Gasteiger partial charge in [0.15, 0.2) is 0 Å². The molecule has 1 aliphatic heterocycles. The molecular formula is C15H27NO3. The van der Waals surface area contributed by atoms with Crippen molar-refractivity contribution < 1.29 is 14.6 Å². The largest absolute Gasteiger partial charge is 0.481 e.